The van der Waals surface area contributed by atoms with Crippen molar-refractivity contribution in [3.8, 4) is 73.0 Å². The second-order valence-corrected chi connectivity index (χ2v) is 25.8. The van der Waals surface area contributed by atoms with Crippen molar-refractivity contribution >= 4 is 44.6 Å². The van der Waals surface area contributed by atoms with Crippen LogP contribution in [0, 0.1) is 36.3 Å². The van der Waals surface area contributed by atoms with Crippen LogP contribution >= 0.6 is 0 Å². The second kappa shape index (κ2) is 23.9. The Balaban J connectivity index is 0.00000769. The van der Waals surface area contributed by atoms with E-state index < -0.39 is 22.9 Å². The van der Waals surface area contributed by atoms with E-state index in [2.05, 4.69) is 224 Å². The number of benzene rings is 10. The van der Waals surface area contributed by atoms with E-state index in [-0.39, 0.29) is 49.4 Å². The molecule has 0 spiro atoms. The van der Waals surface area contributed by atoms with Crippen LogP contribution in [-0.2, 0) is 31.9 Å². The first kappa shape index (κ1) is 60.3. The number of rotatable bonds is 12. The van der Waals surface area contributed by atoms with Gasteiger partial charge in [-0.15, -0.1) is 53.6 Å². The van der Waals surface area contributed by atoms with Crippen LogP contribution in [0.3, 0.4) is 0 Å². The van der Waals surface area contributed by atoms with Crippen molar-refractivity contribution in [3.05, 3.63) is 271 Å². The molecule has 1 aliphatic heterocycles. The van der Waals surface area contributed by atoms with Crippen molar-refractivity contribution in [1.29, 1.82) is 0 Å². The summed E-state index contributed by atoms with van der Waals surface area (Å²) >= 11 is 0. The van der Waals surface area contributed by atoms with E-state index in [0.29, 0.717) is 22.9 Å². The number of fused-ring (bicyclic) bond motifs is 4. The Morgan fingerprint density at radius 3 is 1.63 bits per heavy atom. The summed E-state index contributed by atoms with van der Waals surface area (Å²) in [6.07, 6.45) is 1.87. The van der Waals surface area contributed by atoms with Gasteiger partial charge in [-0.05, 0) is 144 Å². The Labute approximate surface area is 535 Å². The fraction of sp³-hybridized carbons (Fsp3) is 0.175. The van der Waals surface area contributed by atoms with E-state index in [1.54, 1.807) is 0 Å². The van der Waals surface area contributed by atoms with Gasteiger partial charge in [0.05, 0.1) is 5.56 Å². The van der Waals surface area contributed by atoms with Crippen LogP contribution in [-0.4, -0.2) is 9.55 Å². The number of anilines is 4. The minimum atomic E-state index is -1.00. The Morgan fingerprint density at radius 2 is 1.02 bits per heavy atom. The molecule has 0 atom stereocenters. The largest absolute Gasteiger partial charge is 0.509 e. The van der Waals surface area contributed by atoms with Gasteiger partial charge in [0.15, 0.2) is 0 Å². The minimum absolute atomic E-state index is 0. The van der Waals surface area contributed by atoms with Gasteiger partial charge in [-0.2, -0.15) is 6.07 Å². The number of nitrogens with zero attached hydrogens (tertiary/aromatic N) is 4. The molecule has 0 bridgehead atoms. The quantitative estimate of drug-likeness (QED) is 0.114. The van der Waals surface area contributed by atoms with E-state index in [1.165, 1.54) is 0 Å². The fourth-order valence-electron chi connectivity index (χ4n) is 12.1. The van der Waals surface area contributed by atoms with Crippen LogP contribution in [0.25, 0.3) is 83.3 Å². The van der Waals surface area contributed by atoms with Gasteiger partial charge in [0.25, 0.3) is 0 Å². The Kier molecular flexibility index (Phi) is 16.2. The molecule has 1 aliphatic rings. The SMILES string of the molecule is CC(C)c1cc(-c2cc(C(C)(C)C)cc(-c3c(F)cc(F)cc3F)c2N2[CH-]N(c3[c-]c(Oc4[c-]c5c(cc4)c4ccccc4n5-c4cc(C(C)(C)C)ccn4)cc(-c4cc(-c5ccccc5)cc(-c5ccccc5)c4)c3)c3ccccc32)cc(C(C)C)c1.[Pt]. The topological polar surface area (TPSA) is 33.5 Å². The molecule has 10 aromatic carbocycles. The van der Waals surface area contributed by atoms with Gasteiger partial charge in [-0.1, -0.05) is 184 Å². The number of aromatic nitrogens is 2. The molecule has 3 heterocycles. The summed E-state index contributed by atoms with van der Waals surface area (Å²) in [5.74, 6) is -0.970. The van der Waals surface area contributed by atoms with Gasteiger partial charge in [0.1, 0.15) is 23.3 Å². The van der Waals surface area contributed by atoms with Crippen molar-refractivity contribution in [3.63, 3.8) is 0 Å². The number of hydrogen-bond donors (Lipinski definition) is 0. The maximum absolute atomic E-state index is 16.9. The van der Waals surface area contributed by atoms with Crippen molar-refractivity contribution < 1.29 is 39.0 Å². The molecule has 5 nitrogen and oxygen atoms in total. The summed E-state index contributed by atoms with van der Waals surface area (Å²) in [6.45, 7) is 23.6. The van der Waals surface area contributed by atoms with Crippen LogP contribution in [0.2, 0.25) is 0 Å². The first-order valence-electron chi connectivity index (χ1n) is 30.2. The minimum Gasteiger partial charge on any atom is -0.509 e. The fourth-order valence-corrected chi connectivity index (χ4v) is 12.1. The summed E-state index contributed by atoms with van der Waals surface area (Å²) in [5, 5.41) is 2.07. The third kappa shape index (κ3) is 11.7. The Bertz CT molecular complexity index is 4550. The molecule has 13 rings (SSSR count). The van der Waals surface area contributed by atoms with Gasteiger partial charge >= 0.3 is 0 Å². The average molecular weight is 1350 g/mol. The number of pyridine rings is 1. The van der Waals surface area contributed by atoms with Gasteiger partial charge in [-0.25, -0.2) is 18.2 Å². The molecule has 9 heteroatoms. The molecule has 0 saturated carbocycles. The summed E-state index contributed by atoms with van der Waals surface area (Å²) in [7, 11) is 0. The molecule has 0 aliphatic carbocycles. The number of hydrogen-bond acceptors (Lipinski definition) is 4. The molecular weight excluding hydrogens is 1280 g/mol. The summed E-state index contributed by atoms with van der Waals surface area (Å²) in [6, 6.07) is 75.8. The molecule has 0 saturated heterocycles. The molecular formula is C80H68F3N4OPt-3. The van der Waals surface area contributed by atoms with Crippen molar-refractivity contribution in [2.75, 3.05) is 9.80 Å². The Morgan fingerprint density at radius 1 is 0.472 bits per heavy atom. The third-order valence-electron chi connectivity index (χ3n) is 16.9. The zero-order chi connectivity index (χ0) is 61.3. The molecule has 2 aromatic heterocycles. The number of ether oxygens (including phenoxy) is 1. The monoisotopic (exact) mass is 1350 g/mol. The van der Waals surface area contributed by atoms with Crippen LogP contribution in [0.15, 0.2) is 212 Å². The van der Waals surface area contributed by atoms with Crippen LogP contribution in [0.1, 0.15) is 103 Å². The molecule has 0 unspecified atom stereocenters. The van der Waals surface area contributed by atoms with E-state index in [1.807, 2.05) is 78.4 Å². The smallest absolute Gasteiger partial charge is 0.136 e. The van der Waals surface area contributed by atoms with Crippen LogP contribution < -0.4 is 14.5 Å². The summed E-state index contributed by atoms with van der Waals surface area (Å²) < 4.78 is 58.1. The van der Waals surface area contributed by atoms with Crippen molar-refractivity contribution in [1.82, 2.24) is 9.55 Å². The molecule has 448 valence electrons. The van der Waals surface area contributed by atoms with E-state index in [0.717, 1.165) is 118 Å². The van der Waals surface area contributed by atoms with E-state index in [4.69, 9.17) is 9.72 Å². The molecule has 0 fully saturated rings. The van der Waals surface area contributed by atoms with Crippen molar-refractivity contribution in [2.24, 2.45) is 0 Å². The molecule has 12 aromatic rings. The standard InChI is InChI=1S/C80H68F3N4O.Pt/c1-49(2)53-33-54(50(3)4)35-59(34-53)68-41-61(80(8,9)10)42-69(77-70(82)44-62(81)45-71(77)83)78(68)86-48-85(73-27-19-20-28-74(73)86)63-39-58(57-37-55(51-21-13-11-14-22-51)36-56(38-57)52-23-15-12-16-24-52)40-65(46-63)88-64-29-30-67-66-25-17-18-26-72(66)87(75(67)47-64)76-43-60(31-32-84-76)79(5,6)7;/h11-45,48-50H,1-10H3;/q-3;. The second-order valence-electron chi connectivity index (χ2n) is 25.8. The Hall–Kier alpha value is -8.97. The third-order valence-corrected chi connectivity index (χ3v) is 16.9. The van der Waals surface area contributed by atoms with Gasteiger partial charge < -0.3 is 19.1 Å². The zero-order valence-corrected chi connectivity index (χ0v) is 53.9. The van der Waals surface area contributed by atoms with Gasteiger partial charge in [0, 0.05) is 84.6 Å². The molecule has 0 radical (unpaired) electrons. The average Bonchev–Trinajstić information content (AvgIpc) is 1.75. The van der Waals surface area contributed by atoms with E-state index >= 15 is 13.2 Å². The molecule has 0 N–H and O–H groups in total. The normalized spacial score (nSPS) is 12.6. The maximum atomic E-state index is 16.9. The molecule has 0 amide bonds. The summed E-state index contributed by atoms with van der Waals surface area (Å²) in [5.41, 5.74) is 15.8. The van der Waals surface area contributed by atoms with Crippen LogP contribution in [0.4, 0.5) is 35.9 Å². The predicted octanol–water partition coefficient (Wildman–Crippen LogP) is 22.6. The number of halogens is 3. The summed E-state index contributed by atoms with van der Waals surface area (Å²) in [4.78, 5) is 9.03. The maximum Gasteiger partial charge on any atom is 0.136 e. The predicted molar refractivity (Wildman–Crippen MR) is 357 cm³/mol. The number of para-hydroxylation sites is 3. The molecule has 89 heavy (non-hydrogen) atoms. The van der Waals surface area contributed by atoms with Crippen molar-refractivity contribution in [2.45, 2.75) is 91.9 Å². The first-order chi connectivity index (χ1) is 42.2. The van der Waals surface area contributed by atoms with Gasteiger partial charge in [-0.3, -0.25) is 0 Å². The first-order valence-corrected chi connectivity index (χ1v) is 30.2. The van der Waals surface area contributed by atoms with Gasteiger partial charge in [0.2, 0.25) is 0 Å². The zero-order valence-electron chi connectivity index (χ0n) is 51.6. The van der Waals surface area contributed by atoms with Crippen LogP contribution in [0.5, 0.6) is 11.5 Å². The van der Waals surface area contributed by atoms with E-state index in [9.17, 15) is 0 Å².